The Morgan fingerprint density at radius 2 is 1.84 bits per heavy atom. The minimum absolute atomic E-state index is 0.0990. The summed E-state index contributed by atoms with van der Waals surface area (Å²) in [6.45, 7) is 3.83. The monoisotopic (exact) mass is 264 g/mol. The number of aliphatic carboxylic acids is 1. The van der Waals surface area contributed by atoms with Crippen molar-refractivity contribution in [2.45, 2.75) is 19.4 Å². The summed E-state index contributed by atoms with van der Waals surface area (Å²) >= 11 is 0. The second-order valence-corrected chi connectivity index (χ2v) is 5.21. The van der Waals surface area contributed by atoms with Gasteiger partial charge in [-0.3, -0.25) is 9.69 Å². The van der Waals surface area contributed by atoms with Gasteiger partial charge in [-0.15, -0.1) is 0 Å². The Balaban J connectivity index is 2.59. The maximum atomic E-state index is 11.0. The number of likely N-dealkylation sites (N-methyl/N-ethyl adjacent to an activating group) is 1. The zero-order chi connectivity index (χ0) is 14.3. The Labute approximate surface area is 115 Å². The maximum absolute atomic E-state index is 11.0. The van der Waals surface area contributed by atoms with Crippen LogP contribution in [0.25, 0.3) is 0 Å². The molecule has 1 aromatic rings. The predicted molar refractivity (Wildman–Crippen MR) is 77.4 cm³/mol. The Morgan fingerprint density at radius 3 is 2.37 bits per heavy atom. The molecule has 0 bridgehead atoms. The molecule has 19 heavy (non-hydrogen) atoms. The van der Waals surface area contributed by atoms with Crippen LogP contribution in [-0.2, 0) is 11.2 Å². The zero-order valence-electron chi connectivity index (χ0n) is 12.0. The molecule has 0 aliphatic rings. The van der Waals surface area contributed by atoms with E-state index in [9.17, 15) is 4.79 Å². The lowest BCUT2D eigenvalue weighted by Gasteiger charge is -2.28. The molecule has 0 saturated carbocycles. The number of carboxylic acid groups (broad SMARTS) is 1. The average molecular weight is 264 g/mol. The highest BCUT2D eigenvalue weighted by Crippen LogP contribution is 2.08. The van der Waals surface area contributed by atoms with Crippen molar-refractivity contribution < 1.29 is 9.90 Å². The minimum atomic E-state index is -0.765. The first kappa shape index (κ1) is 15.7. The number of hydrogen-bond donors (Lipinski definition) is 1. The molecule has 0 saturated heterocycles. The molecule has 0 radical (unpaired) electrons. The third kappa shape index (κ3) is 6.36. The van der Waals surface area contributed by atoms with E-state index in [1.165, 1.54) is 5.56 Å². The Morgan fingerprint density at radius 1 is 1.21 bits per heavy atom. The normalized spacial score (nSPS) is 12.9. The fourth-order valence-corrected chi connectivity index (χ4v) is 2.04. The molecule has 4 nitrogen and oxygen atoms in total. The van der Waals surface area contributed by atoms with Crippen LogP contribution < -0.4 is 0 Å². The van der Waals surface area contributed by atoms with E-state index in [1.807, 2.05) is 37.2 Å². The lowest BCUT2D eigenvalue weighted by molar-refractivity contribution is -0.138. The van der Waals surface area contributed by atoms with E-state index in [0.717, 1.165) is 19.5 Å². The lowest BCUT2D eigenvalue weighted by Crippen LogP contribution is -2.42. The molecule has 1 atom stereocenters. The van der Waals surface area contributed by atoms with Crippen LogP contribution in [0, 0.1) is 0 Å². The van der Waals surface area contributed by atoms with Crippen LogP contribution in [0.15, 0.2) is 30.3 Å². The van der Waals surface area contributed by atoms with Crippen molar-refractivity contribution in [1.29, 1.82) is 0 Å². The average Bonchev–Trinajstić information content (AvgIpc) is 2.35. The maximum Gasteiger partial charge on any atom is 0.317 e. The summed E-state index contributed by atoms with van der Waals surface area (Å²) in [4.78, 5) is 15.1. The number of benzene rings is 1. The number of hydrogen-bond acceptors (Lipinski definition) is 3. The molecular weight excluding hydrogens is 240 g/mol. The second kappa shape index (κ2) is 7.92. The molecule has 1 N–H and O–H groups in total. The summed E-state index contributed by atoms with van der Waals surface area (Å²) < 4.78 is 0. The van der Waals surface area contributed by atoms with Crippen LogP contribution in [0.2, 0.25) is 0 Å². The molecular formula is C15H24N2O2. The molecule has 0 amide bonds. The van der Waals surface area contributed by atoms with Crippen molar-refractivity contribution in [3.63, 3.8) is 0 Å². The highest BCUT2D eigenvalue weighted by atomic mass is 16.4. The SMILES string of the molecule is CC(Cc1ccccc1)N(CCN(C)C)CC(=O)O. The van der Waals surface area contributed by atoms with Crippen molar-refractivity contribution >= 4 is 5.97 Å². The van der Waals surface area contributed by atoms with Gasteiger partial charge in [0.25, 0.3) is 0 Å². The van der Waals surface area contributed by atoms with Gasteiger partial charge < -0.3 is 10.0 Å². The van der Waals surface area contributed by atoms with E-state index in [4.69, 9.17) is 5.11 Å². The summed E-state index contributed by atoms with van der Waals surface area (Å²) in [7, 11) is 4.00. The first-order chi connectivity index (χ1) is 8.99. The van der Waals surface area contributed by atoms with Crippen molar-refractivity contribution in [3.05, 3.63) is 35.9 Å². The quantitative estimate of drug-likeness (QED) is 0.774. The first-order valence-electron chi connectivity index (χ1n) is 6.63. The van der Waals surface area contributed by atoms with E-state index >= 15 is 0 Å². The molecule has 0 heterocycles. The van der Waals surface area contributed by atoms with E-state index in [-0.39, 0.29) is 12.6 Å². The summed E-state index contributed by atoms with van der Waals surface area (Å²) in [5, 5.41) is 9.01. The molecule has 1 aromatic carbocycles. The number of carboxylic acids is 1. The topological polar surface area (TPSA) is 43.8 Å². The summed E-state index contributed by atoms with van der Waals surface area (Å²) in [5.74, 6) is -0.765. The summed E-state index contributed by atoms with van der Waals surface area (Å²) in [5.41, 5.74) is 1.25. The number of rotatable bonds is 8. The number of carbonyl (C=O) groups is 1. The molecule has 1 unspecified atom stereocenters. The first-order valence-corrected chi connectivity index (χ1v) is 6.63. The molecule has 0 fully saturated rings. The van der Waals surface area contributed by atoms with E-state index in [0.29, 0.717) is 0 Å². The van der Waals surface area contributed by atoms with Gasteiger partial charge in [0, 0.05) is 19.1 Å². The number of nitrogens with zero attached hydrogens (tertiary/aromatic N) is 2. The smallest absolute Gasteiger partial charge is 0.317 e. The van der Waals surface area contributed by atoms with E-state index in [2.05, 4.69) is 24.0 Å². The second-order valence-electron chi connectivity index (χ2n) is 5.21. The highest BCUT2D eigenvalue weighted by Gasteiger charge is 2.17. The van der Waals surface area contributed by atoms with Crippen LogP contribution in [0.1, 0.15) is 12.5 Å². The Kier molecular flexibility index (Phi) is 6.53. The fraction of sp³-hybridized carbons (Fsp3) is 0.533. The molecule has 0 aliphatic carbocycles. The Bertz CT molecular complexity index is 379. The minimum Gasteiger partial charge on any atom is -0.480 e. The summed E-state index contributed by atoms with van der Waals surface area (Å²) in [6.07, 6.45) is 0.877. The van der Waals surface area contributed by atoms with Crippen LogP contribution in [0.5, 0.6) is 0 Å². The van der Waals surface area contributed by atoms with Crippen LogP contribution in [0.3, 0.4) is 0 Å². The largest absolute Gasteiger partial charge is 0.480 e. The van der Waals surface area contributed by atoms with Crippen LogP contribution >= 0.6 is 0 Å². The van der Waals surface area contributed by atoms with Crippen molar-refractivity contribution in [2.75, 3.05) is 33.7 Å². The van der Waals surface area contributed by atoms with Gasteiger partial charge in [-0.25, -0.2) is 0 Å². The molecule has 106 valence electrons. The van der Waals surface area contributed by atoms with Gasteiger partial charge in [-0.05, 0) is 33.0 Å². The van der Waals surface area contributed by atoms with Crippen molar-refractivity contribution in [2.24, 2.45) is 0 Å². The molecule has 0 aromatic heterocycles. The fourth-order valence-electron chi connectivity index (χ4n) is 2.04. The standard InChI is InChI=1S/C15H24N2O2/c1-13(11-14-7-5-4-6-8-14)17(12-15(18)19)10-9-16(2)3/h4-8,13H,9-12H2,1-3H3,(H,18,19). The van der Waals surface area contributed by atoms with Gasteiger partial charge in [0.15, 0.2) is 0 Å². The molecule has 0 aliphatic heterocycles. The van der Waals surface area contributed by atoms with Crippen LogP contribution in [-0.4, -0.2) is 60.6 Å². The third-order valence-corrected chi connectivity index (χ3v) is 3.17. The zero-order valence-corrected chi connectivity index (χ0v) is 12.0. The van der Waals surface area contributed by atoms with Gasteiger partial charge in [0.05, 0.1) is 6.54 Å². The van der Waals surface area contributed by atoms with Gasteiger partial charge >= 0.3 is 5.97 Å². The summed E-state index contributed by atoms with van der Waals surface area (Å²) in [6, 6.07) is 10.4. The van der Waals surface area contributed by atoms with Crippen LogP contribution in [0.4, 0.5) is 0 Å². The predicted octanol–water partition coefficient (Wildman–Crippen LogP) is 1.57. The van der Waals surface area contributed by atoms with Gasteiger partial charge in [0.2, 0.25) is 0 Å². The molecule has 4 heteroatoms. The molecule has 0 spiro atoms. The Hall–Kier alpha value is -1.39. The van der Waals surface area contributed by atoms with Gasteiger partial charge in [-0.2, -0.15) is 0 Å². The van der Waals surface area contributed by atoms with Crippen molar-refractivity contribution in [1.82, 2.24) is 9.80 Å². The van der Waals surface area contributed by atoms with Gasteiger partial charge in [0.1, 0.15) is 0 Å². The van der Waals surface area contributed by atoms with Crippen molar-refractivity contribution in [3.8, 4) is 0 Å². The third-order valence-electron chi connectivity index (χ3n) is 3.17. The lowest BCUT2D eigenvalue weighted by atomic mass is 10.1. The highest BCUT2D eigenvalue weighted by molar-refractivity contribution is 5.69. The van der Waals surface area contributed by atoms with Gasteiger partial charge in [-0.1, -0.05) is 30.3 Å². The van der Waals surface area contributed by atoms with E-state index in [1.54, 1.807) is 0 Å². The van der Waals surface area contributed by atoms with E-state index < -0.39 is 5.97 Å². The molecule has 1 rings (SSSR count).